The van der Waals surface area contributed by atoms with Crippen molar-refractivity contribution in [3.8, 4) is 6.01 Å². The first-order valence-electron chi connectivity index (χ1n) is 4.18. The maximum absolute atomic E-state index is 13.3. The van der Waals surface area contributed by atoms with Crippen molar-refractivity contribution in [3.63, 3.8) is 0 Å². The molecule has 1 aromatic heterocycles. The van der Waals surface area contributed by atoms with Gasteiger partial charge in [-0.15, -0.1) is 0 Å². The first-order chi connectivity index (χ1) is 7.25. The van der Waals surface area contributed by atoms with Gasteiger partial charge in [0.05, 0.1) is 0 Å². The molecule has 0 spiro atoms. The fourth-order valence-corrected chi connectivity index (χ4v) is 1.21. The van der Waals surface area contributed by atoms with Crippen LogP contribution in [0.3, 0.4) is 0 Å². The number of nitrogens with zero attached hydrogens (tertiary/aromatic N) is 2. The summed E-state index contributed by atoms with van der Waals surface area (Å²) >= 11 is 5.61. The average Bonchev–Trinajstić information content (AvgIpc) is 2.69. The van der Waals surface area contributed by atoms with Gasteiger partial charge in [0.25, 0.3) is 0 Å². The summed E-state index contributed by atoms with van der Waals surface area (Å²) in [6.07, 6.45) is 1.31. The van der Waals surface area contributed by atoms with Crippen molar-refractivity contribution < 1.29 is 9.13 Å². The second-order valence-electron chi connectivity index (χ2n) is 2.82. The lowest BCUT2D eigenvalue weighted by atomic mass is 10.2. The van der Waals surface area contributed by atoms with Crippen LogP contribution < -0.4 is 4.74 Å². The summed E-state index contributed by atoms with van der Waals surface area (Å²) in [5.41, 5.74) is 0.413. The Balaban J connectivity index is 2.05. The lowest BCUT2D eigenvalue weighted by Gasteiger charge is -2.03. The summed E-state index contributed by atoms with van der Waals surface area (Å²) in [6.45, 7) is 0.0815. The minimum atomic E-state index is -0.401. The van der Waals surface area contributed by atoms with Crippen molar-refractivity contribution >= 4 is 11.6 Å². The van der Waals surface area contributed by atoms with E-state index < -0.39 is 5.82 Å². The van der Waals surface area contributed by atoms with Gasteiger partial charge in [-0.05, 0) is 12.1 Å². The molecule has 1 N–H and O–H groups in total. The van der Waals surface area contributed by atoms with Gasteiger partial charge in [0.15, 0.2) is 0 Å². The molecule has 0 unspecified atom stereocenters. The summed E-state index contributed by atoms with van der Waals surface area (Å²) in [5.74, 6) is -0.401. The van der Waals surface area contributed by atoms with Crippen molar-refractivity contribution in [2.45, 2.75) is 6.61 Å². The fraction of sp³-hybridized carbons (Fsp3) is 0.111. The molecule has 1 heterocycles. The molecule has 0 saturated carbocycles. The molecule has 0 aliphatic carbocycles. The van der Waals surface area contributed by atoms with Gasteiger partial charge in [-0.1, -0.05) is 17.7 Å². The van der Waals surface area contributed by atoms with Crippen LogP contribution in [0.4, 0.5) is 4.39 Å². The minimum Gasteiger partial charge on any atom is -0.459 e. The largest absolute Gasteiger partial charge is 0.459 e. The number of benzene rings is 1. The predicted molar refractivity (Wildman–Crippen MR) is 52.1 cm³/mol. The van der Waals surface area contributed by atoms with Gasteiger partial charge in [0.1, 0.15) is 18.8 Å². The standard InChI is InChI=1S/C9H7ClFN3O/c10-7-2-1-6(8(11)3-7)4-15-9-12-5-13-14-9/h1-3,5H,4H2,(H,12,13,14). The quantitative estimate of drug-likeness (QED) is 0.874. The van der Waals surface area contributed by atoms with Crippen molar-refractivity contribution in [1.82, 2.24) is 15.2 Å². The third-order valence-corrected chi connectivity index (χ3v) is 2.01. The van der Waals surface area contributed by atoms with Gasteiger partial charge < -0.3 is 4.74 Å². The van der Waals surface area contributed by atoms with Gasteiger partial charge >= 0.3 is 6.01 Å². The molecule has 2 aromatic rings. The third-order valence-electron chi connectivity index (χ3n) is 1.77. The summed E-state index contributed by atoms with van der Waals surface area (Å²) in [5, 5.41) is 6.46. The Kier molecular flexibility index (Phi) is 2.82. The Hall–Kier alpha value is -1.62. The Morgan fingerprint density at radius 1 is 1.47 bits per heavy atom. The minimum absolute atomic E-state index is 0.0815. The number of aromatic nitrogens is 3. The van der Waals surface area contributed by atoms with E-state index in [-0.39, 0.29) is 12.6 Å². The van der Waals surface area contributed by atoms with Crippen molar-refractivity contribution in [2.24, 2.45) is 0 Å². The Morgan fingerprint density at radius 2 is 2.33 bits per heavy atom. The van der Waals surface area contributed by atoms with E-state index in [2.05, 4.69) is 15.2 Å². The normalized spacial score (nSPS) is 10.3. The van der Waals surface area contributed by atoms with Crippen molar-refractivity contribution in [3.05, 3.63) is 40.9 Å². The van der Waals surface area contributed by atoms with Crippen LogP contribution in [-0.4, -0.2) is 15.2 Å². The second kappa shape index (κ2) is 4.27. The molecule has 0 aliphatic rings. The summed E-state index contributed by atoms with van der Waals surface area (Å²) in [6, 6.07) is 4.66. The van der Waals surface area contributed by atoms with Crippen LogP contribution in [0.2, 0.25) is 5.02 Å². The van der Waals surface area contributed by atoms with Crippen molar-refractivity contribution in [1.29, 1.82) is 0 Å². The predicted octanol–water partition coefficient (Wildman–Crippen LogP) is 2.18. The van der Waals surface area contributed by atoms with Gasteiger partial charge in [0, 0.05) is 10.6 Å². The molecule has 0 radical (unpaired) electrons. The summed E-state index contributed by atoms with van der Waals surface area (Å²) in [7, 11) is 0. The molecule has 0 aliphatic heterocycles. The zero-order valence-electron chi connectivity index (χ0n) is 7.58. The molecule has 0 atom stereocenters. The average molecular weight is 228 g/mol. The second-order valence-corrected chi connectivity index (χ2v) is 3.25. The highest BCUT2D eigenvalue weighted by Crippen LogP contribution is 2.15. The number of H-pyrrole nitrogens is 1. The van der Waals surface area contributed by atoms with Gasteiger partial charge in [-0.25, -0.2) is 9.49 Å². The number of hydrogen-bond acceptors (Lipinski definition) is 3. The first-order valence-corrected chi connectivity index (χ1v) is 4.55. The lowest BCUT2D eigenvalue weighted by molar-refractivity contribution is 0.276. The number of hydrogen-bond donors (Lipinski definition) is 1. The van der Waals surface area contributed by atoms with Gasteiger partial charge in [-0.3, -0.25) is 0 Å². The van der Waals surface area contributed by atoms with E-state index in [0.29, 0.717) is 10.6 Å². The number of nitrogens with one attached hydrogen (secondary N) is 1. The van der Waals surface area contributed by atoms with Gasteiger partial charge in [-0.2, -0.15) is 10.1 Å². The van der Waals surface area contributed by atoms with Gasteiger partial charge in [0.2, 0.25) is 0 Å². The molecule has 2 rings (SSSR count). The highest BCUT2D eigenvalue weighted by atomic mass is 35.5. The molecule has 0 saturated heterocycles. The number of halogens is 2. The van der Waals surface area contributed by atoms with Crippen LogP contribution in [0.5, 0.6) is 6.01 Å². The van der Waals surface area contributed by atoms with E-state index in [4.69, 9.17) is 16.3 Å². The van der Waals surface area contributed by atoms with E-state index in [0.717, 1.165) is 0 Å². The Labute approximate surface area is 90.1 Å². The Bertz CT molecular complexity index is 447. The van der Waals surface area contributed by atoms with E-state index in [1.54, 1.807) is 12.1 Å². The molecule has 78 valence electrons. The molecule has 0 amide bonds. The van der Waals surface area contributed by atoms with E-state index in [1.165, 1.54) is 12.4 Å². The van der Waals surface area contributed by atoms with E-state index >= 15 is 0 Å². The zero-order chi connectivity index (χ0) is 10.7. The van der Waals surface area contributed by atoms with Crippen LogP contribution in [0.15, 0.2) is 24.5 Å². The molecular formula is C9H7ClFN3O. The topological polar surface area (TPSA) is 50.8 Å². The smallest absolute Gasteiger partial charge is 0.312 e. The fourth-order valence-electron chi connectivity index (χ4n) is 1.05. The molecular weight excluding hydrogens is 221 g/mol. The van der Waals surface area contributed by atoms with Crippen LogP contribution in [0, 0.1) is 5.82 Å². The van der Waals surface area contributed by atoms with Crippen LogP contribution in [-0.2, 0) is 6.61 Å². The third kappa shape index (κ3) is 2.44. The van der Waals surface area contributed by atoms with E-state index in [9.17, 15) is 4.39 Å². The molecule has 15 heavy (non-hydrogen) atoms. The Morgan fingerprint density at radius 3 is 3.00 bits per heavy atom. The van der Waals surface area contributed by atoms with Crippen molar-refractivity contribution in [2.75, 3.05) is 0 Å². The molecule has 0 fully saturated rings. The van der Waals surface area contributed by atoms with E-state index in [1.807, 2.05) is 0 Å². The number of ether oxygens (including phenoxy) is 1. The number of rotatable bonds is 3. The summed E-state index contributed by atoms with van der Waals surface area (Å²) < 4.78 is 18.4. The summed E-state index contributed by atoms with van der Waals surface area (Å²) in [4.78, 5) is 3.74. The molecule has 0 bridgehead atoms. The molecule has 4 nitrogen and oxygen atoms in total. The highest BCUT2D eigenvalue weighted by Gasteiger charge is 2.04. The molecule has 1 aromatic carbocycles. The zero-order valence-corrected chi connectivity index (χ0v) is 8.33. The number of aromatic amines is 1. The van der Waals surface area contributed by atoms with Crippen LogP contribution in [0.1, 0.15) is 5.56 Å². The molecule has 6 heteroatoms. The van der Waals surface area contributed by atoms with Crippen LogP contribution in [0.25, 0.3) is 0 Å². The van der Waals surface area contributed by atoms with Crippen LogP contribution >= 0.6 is 11.6 Å². The maximum atomic E-state index is 13.3. The SMILES string of the molecule is Fc1cc(Cl)ccc1COc1ncn[nH]1. The monoisotopic (exact) mass is 227 g/mol. The first kappa shape index (κ1) is 9.92. The lowest BCUT2D eigenvalue weighted by Crippen LogP contribution is -1.99. The maximum Gasteiger partial charge on any atom is 0.312 e. The highest BCUT2D eigenvalue weighted by molar-refractivity contribution is 6.30.